The Morgan fingerprint density at radius 3 is 2.36 bits per heavy atom. The summed E-state index contributed by atoms with van der Waals surface area (Å²) >= 11 is 0. The first-order valence-electron chi connectivity index (χ1n) is 5.24. The summed E-state index contributed by atoms with van der Waals surface area (Å²) in [5.74, 6) is 0.196. The second kappa shape index (κ2) is 4.75. The van der Waals surface area contributed by atoms with E-state index in [2.05, 4.69) is 0 Å². The number of likely N-dealkylation sites (tertiary alicyclic amines) is 1. The fourth-order valence-electron chi connectivity index (χ4n) is 1.58. The Labute approximate surface area is 85.1 Å². The molecule has 1 amide bonds. The number of nitrogens with two attached hydrogens (primary N) is 1. The predicted molar refractivity (Wildman–Crippen MR) is 54.6 cm³/mol. The van der Waals surface area contributed by atoms with E-state index in [4.69, 9.17) is 5.73 Å². The number of aliphatic hydroxyl groups is 1. The van der Waals surface area contributed by atoms with Crippen LogP contribution in [0.1, 0.15) is 26.7 Å². The molecule has 0 aromatic rings. The summed E-state index contributed by atoms with van der Waals surface area (Å²) in [6.07, 6.45) is 1.11. The predicted octanol–water partition coefficient (Wildman–Crippen LogP) is -0.0470. The molecule has 0 aliphatic carbocycles. The zero-order valence-electron chi connectivity index (χ0n) is 8.94. The normalized spacial score (nSPS) is 21.4. The highest BCUT2D eigenvalue weighted by Crippen LogP contribution is 2.12. The molecule has 1 heterocycles. The highest BCUT2D eigenvalue weighted by molar-refractivity contribution is 5.82. The van der Waals surface area contributed by atoms with Gasteiger partial charge in [-0.25, -0.2) is 0 Å². The molecular formula is C10H20N2O2. The smallest absolute Gasteiger partial charge is 0.239 e. The molecule has 0 aromatic carbocycles. The van der Waals surface area contributed by atoms with Crippen LogP contribution in [-0.2, 0) is 4.79 Å². The zero-order chi connectivity index (χ0) is 10.7. The van der Waals surface area contributed by atoms with Gasteiger partial charge in [0.25, 0.3) is 0 Å². The summed E-state index contributed by atoms with van der Waals surface area (Å²) in [5, 5.41) is 9.29. The highest BCUT2D eigenvalue weighted by atomic mass is 16.3. The Morgan fingerprint density at radius 2 is 1.93 bits per heavy atom. The van der Waals surface area contributed by atoms with E-state index in [9.17, 15) is 9.90 Å². The maximum absolute atomic E-state index is 11.8. The quantitative estimate of drug-likeness (QED) is 0.657. The number of hydrogen-bond acceptors (Lipinski definition) is 3. The van der Waals surface area contributed by atoms with E-state index in [1.807, 2.05) is 13.8 Å². The number of aliphatic hydroxyl groups excluding tert-OH is 1. The minimum atomic E-state index is -0.398. The fourth-order valence-corrected chi connectivity index (χ4v) is 1.58. The molecule has 1 unspecified atom stereocenters. The molecule has 4 nitrogen and oxygen atoms in total. The van der Waals surface area contributed by atoms with E-state index in [1.54, 1.807) is 4.90 Å². The first-order valence-corrected chi connectivity index (χ1v) is 5.24. The van der Waals surface area contributed by atoms with Gasteiger partial charge in [0, 0.05) is 13.1 Å². The monoisotopic (exact) mass is 200 g/mol. The van der Waals surface area contributed by atoms with E-state index in [1.165, 1.54) is 0 Å². The summed E-state index contributed by atoms with van der Waals surface area (Å²) < 4.78 is 0. The van der Waals surface area contributed by atoms with Crippen molar-refractivity contribution in [2.45, 2.75) is 38.8 Å². The van der Waals surface area contributed by atoms with Crippen molar-refractivity contribution < 1.29 is 9.90 Å². The molecule has 4 heteroatoms. The standard InChI is InChI=1S/C10H20N2O2/c1-7(2)9(11)10(14)12-5-3-8(13)4-6-12/h7-9,13H,3-6,11H2,1-2H3. The van der Waals surface area contributed by atoms with Crippen LogP contribution in [0.15, 0.2) is 0 Å². The summed E-state index contributed by atoms with van der Waals surface area (Å²) in [6, 6.07) is -0.398. The molecule has 3 N–H and O–H groups in total. The molecule has 0 radical (unpaired) electrons. The number of nitrogens with zero attached hydrogens (tertiary/aromatic N) is 1. The lowest BCUT2D eigenvalue weighted by Crippen LogP contribution is -2.49. The zero-order valence-corrected chi connectivity index (χ0v) is 8.94. The van der Waals surface area contributed by atoms with Crippen LogP contribution in [0, 0.1) is 5.92 Å². The Balaban J connectivity index is 2.45. The van der Waals surface area contributed by atoms with Crippen molar-refractivity contribution in [3.8, 4) is 0 Å². The third-order valence-electron chi connectivity index (χ3n) is 2.78. The van der Waals surface area contributed by atoms with Gasteiger partial charge in [-0.1, -0.05) is 13.8 Å². The van der Waals surface area contributed by atoms with E-state index < -0.39 is 6.04 Å². The van der Waals surface area contributed by atoms with Crippen LogP contribution >= 0.6 is 0 Å². The van der Waals surface area contributed by atoms with Crippen molar-refractivity contribution in [2.75, 3.05) is 13.1 Å². The Morgan fingerprint density at radius 1 is 1.43 bits per heavy atom. The Kier molecular flexibility index (Phi) is 3.89. The van der Waals surface area contributed by atoms with E-state index >= 15 is 0 Å². The summed E-state index contributed by atoms with van der Waals surface area (Å²) in [7, 11) is 0. The van der Waals surface area contributed by atoms with Crippen LogP contribution in [0.2, 0.25) is 0 Å². The molecule has 0 spiro atoms. The lowest BCUT2D eigenvalue weighted by atomic mass is 10.0. The number of rotatable bonds is 2. The lowest BCUT2D eigenvalue weighted by molar-refractivity contribution is -0.135. The second-order valence-corrected chi connectivity index (χ2v) is 4.33. The van der Waals surface area contributed by atoms with Gasteiger partial charge in [-0.15, -0.1) is 0 Å². The molecule has 0 aromatic heterocycles. The molecule has 82 valence electrons. The van der Waals surface area contributed by atoms with E-state index in [-0.39, 0.29) is 17.9 Å². The Hall–Kier alpha value is -0.610. The maximum atomic E-state index is 11.8. The molecule has 1 atom stereocenters. The van der Waals surface area contributed by atoms with Crippen LogP contribution in [0.5, 0.6) is 0 Å². The molecule has 1 aliphatic heterocycles. The molecular weight excluding hydrogens is 180 g/mol. The topological polar surface area (TPSA) is 66.6 Å². The van der Waals surface area contributed by atoms with Crippen molar-refractivity contribution >= 4 is 5.91 Å². The van der Waals surface area contributed by atoms with Crippen molar-refractivity contribution in [3.05, 3.63) is 0 Å². The van der Waals surface area contributed by atoms with Crippen LogP contribution in [0.25, 0.3) is 0 Å². The van der Waals surface area contributed by atoms with Gasteiger partial charge in [-0.3, -0.25) is 4.79 Å². The van der Waals surface area contributed by atoms with Crippen molar-refractivity contribution in [1.29, 1.82) is 0 Å². The van der Waals surface area contributed by atoms with Crippen LogP contribution in [0.3, 0.4) is 0 Å². The molecule has 0 bridgehead atoms. The van der Waals surface area contributed by atoms with Crippen LogP contribution < -0.4 is 5.73 Å². The van der Waals surface area contributed by atoms with Gasteiger partial charge in [-0.05, 0) is 18.8 Å². The van der Waals surface area contributed by atoms with Crippen LogP contribution in [0.4, 0.5) is 0 Å². The largest absolute Gasteiger partial charge is 0.393 e. The molecule has 1 aliphatic rings. The van der Waals surface area contributed by atoms with Gasteiger partial charge in [-0.2, -0.15) is 0 Å². The van der Waals surface area contributed by atoms with Crippen molar-refractivity contribution in [2.24, 2.45) is 11.7 Å². The Bertz CT molecular complexity index is 198. The third kappa shape index (κ3) is 2.69. The molecule has 0 saturated carbocycles. The first kappa shape index (κ1) is 11.5. The summed E-state index contributed by atoms with van der Waals surface area (Å²) in [5.41, 5.74) is 5.77. The molecule has 14 heavy (non-hydrogen) atoms. The van der Waals surface area contributed by atoms with Gasteiger partial charge in [0.15, 0.2) is 0 Å². The van der Waals surface area contributed by atoms with Gasteiger partial charge >= 0.3 is 0 Å². The van der Waals surface area contributed by atoms with Crippen LogP contribution in [-0.4, -0.2) is 41.1 Å². The number of carbonyl (C=O) groups is 1. The maximum Gasteiger partial charge on any atom is 0.239 e. The van der Waals surface area contributed by atoms with Gasteiger partial charge in [0.1, 0.15) is 0 Å². The van der Waals surface area contributed by atoms with Crippen molar-refractivity contribution in [3.63, 3.8) is 0 Å². The third-order valence-corrected chi connectivity index (χ3v) is 2.78. The van der Waals surface area contributed by atoms with Gasteiger partial charge < -0.3 is 15.7 Å². The van der Waals surface area contributed by atoms with E-state index in [0.29, 0.717) is 25.9 Å². The average molecular weight is 200 g/mol. The minimum absolute atomic E-state index is 0.0203. The van der Waals surface area contributed by atoms with E-state index in [0.717, 1.165) is 0 Å². The minimum Gasteiger partial charge on any atom is -0.393 e. The van der Waals surface area contributed by atoms with Gasteiger partial charge in [0.2, 0.25) is 5.91 Å². The first-order chi connectivity index (χ1) is 6.52. The summed E-state index contributed by atoms with van der Waals surface area (Å²) in [6.45, 7) is 5.17. The van der Waals surface area contributed by atoms with Gasteiger partial charge in [0.05, 0.1) is 12.1 Å². The summed E-state index contributed by atoms with van der Waals surface area (Å²) in [4.78, 5) is 13.5. The number of hydrogen-bond donors (Lipinski definition) is 2. The average Bonchev–Trinajstić information content (AvgIpc) is 2.16. The highest BCUT2D eigenvalue weighted by Gasteiger charge is 2.26. The SMILES string of the molecule is CC(C)C(N)C(=O)N1CCC(O)CC1. The molecule has 1 rings (SSSR count). The fraction of sp³-hybridized carbons (Fsp3) is 0.900. The van der Waals surface area contributed by atoms with Crippen molar-refractivity contribution in [1.82, 2.24) is 4.90 Å². The molecule has 1 fully saturated rings. The number of carbonyl (C=O) groups excluding carboxylic acids is 1. The molecule has 1 saturated heterocycles. The lowest BCUT2D eigenvalue weighted by Gasteiger charge is -2.32. The second-order valence-electron chi connectivity index (χ2n) is 4.33. The number of amides is 1. The number of piperidine rings is 1.